The molecule has 3 aromatic carbocycles. The van der Waals surface area contributed by atoms with Crippen LogP contribution in [0.4, 0.5) is 21.0 Å². The molecule has 0 unspecified atom stereocenters. The Morgan fingerprint density at radius 3 is 1.16 bits per heavy atom. The zero-order valence-corrected chi connectivity index (χ0v) is 41.0. The molecular weight excluding hydrogens is 777 g/mol. The summed E-state index contributed by atoms with van der Waals surface area (Å²) in [7, 11) is 0. The van der Waals surface area contributed by atoms with Crippen LogP contribution in [0.2, 0.25) is 0 Å². The number of benzene rings is 3. The van der Waals surface area contributed by atoms with Crippen LogP contribution >= 0.6 is 0 Å². The first-order valence-electron chi connectivity index (χ1n) is 26.2. The van der Waals surface area contributed by atoms with E-state index in [0.29, 0.717) is 22.9 Å². The van der Waals surface area contributed by atoms with Crippen LogP contribution in [0.3, 0.4) is 0 Å². The van der Waals surface area contributed by atoms with Crippen LogP contribution in [0.5, 0.6) is 11.5 Å². The normalized spacial score (nSPS) is 11.2. The van der Waals surface area contributed by atoms with Crippen molar-refractivity contribution in [3.63, 3.8) is 0 Å². The Labute approximate surface area is 385 Å². The number of ether oxygens (including phenoxy) is 2. The van der Waals surface area contributed by atoms with Crippen molar-refractivity contribution in [3.05, 3.63) is 82.4 Å². The van der Waals surface area contributed by atoms with Crippen molar-refractivity contribution in [2.24, 2.45) is 0 Å². The molecular formula is C57H90N2O4. The molecule has 6 heteroatoms. The first-order chi connectivity index (χ1) is 30.9. The maximum atomic E-state index is 13.6. The van der Waals surface area contributed by atoms with E-state index in [4.69, 9.17) is 9.47 Å². The van der Waals surface area contributed by atoms with Gasteiger partial charge in [-0.1, -0.05) is 212 Å². The van der Waals surface area contributed by atoms with Crippen molar-refractivity contribution in [3.8, 4) is 11.5 Å². The van der Waals surface area contributed by atoms with Gasteiger partial charge >= 0.3 is 12.2 Å². The summed E-state index contributed by atoms with van der Waals surface area (Å²) < 4.78 is 12.2. The molecule has 3 aromatic rings. The monoisotopic (exact) mass is 867 g/mol. The van der Waals surface area contributed by atoms with E-state index in [1.165, 1.54) is 176 Å². The van der Waals surface area contributed by atoms with Crippen molar-refractivity contribution in [1.82, 2.24) is 0 Å². The van der Waals surface area contributed by atoms with E-state index in [1.807, 2.05) is 43.3 Å². The second-order valence-electron chi connectivity index (χ2n) is 18.3. The Balaban J connectivity index is 1.67. The minimum absolute atomic E-state index is 0.528. The van der Waals surface area contributed by atoms with Crippen LogP contribution in [0.1, 0.15) is 235 Å². The van der Waals surface area contributed by atoms with Gasteiger partial charge in [0, 0.05) is 11.4 Å². The number of aryl methyl sites for hydroxylation is 3. The lowest BCUT2D eigenvalue weighted by atomic mass is 9.95. The van der Waals surface area contributed by atoms with Gasteiger partial charge in [0.25, 0.3) is 0 Å². The van der Waals surface area contributed by atoms with E-state index >= 15 is 0 Å². The fraction of sp³-hybridized carbons (Fsp3) is 0.649. The smallest absolute Gasteiger partial charge is 0.410 e. The quantitative estimate of drug-likeness (QED) is 0.0571. The van der Waals surface area contributed by atoms with E-state index in [1.54, 1.807) is 6.07 Å². The molecule has 3 rings (SSSR count). The maximum Gasteiger partial charge on any atom is 0.417 e. The van der Waals surface area contributed by atoms with E-state index in [9.17, 15) is 9.59 Å². The molecule has 0 radical (unpaired) electrons. The van der Waals surface area contributed by atoms with E-state index in [2.05, 4.69) is 50.5 Å². The third kappa shape index (κ3) is 23.1. The van der Waals surface area contributed by atoms with Crippen LogP contribution in [0, 0.1) is 6.92 Å². The topological polar surface area (TPSA) is 76.7 Å². The molecule has 0 fully saturated rings. The molecule has 352 valence electrons. The zero-order valence-electron chi connectivity index (χ0n) is 41.0. The van der Waals surface area contributed by atoms with E-state index < -0.39 is 12.2 Å². The third-order valence-corrected chi connectivity index (χ3v) is 12.7. The lowest BCUT2D eigenvalue weighted by Crippen LogP contribution is -2.20. The number of hydrogen-bond donors (Lipinski definition) is 2. The molecule has 0 bridgehead atoms. The highest BCUT2D eigenvalue weighted by atomic mass is 16.6. The number of anilines is 2. The highest BCUT2D eigenvalue weighted by molar-refractivity contribution is 5.91. The molecule has 63 heavy (non-hydrogen) atoms. The van der Waals surface area contributed by atoms with Crippen molar-refractivity contribution in [2.75, 3.05) is 10.6 Å². The highest BCUT2D eigenvalue weighted by Crippen LogP contribution is 2.30. The average molecular weight is 867 g/mol. The van der Waals surface area contributed by atoms with Crippen LogP contribution in [-0.4, -0.2) is 12.2 Å². The summed E-state index contributed by atoms with van der Waals surface area (Å²) in [5.41, 5.74) is 6.94. The molecule has 0 aliphatic heterocycles. The van der Waals surface area contributed by atoms with Gasteiger partial charge in [0.15, 0.2) is 0 Å². The van der Waals surface area contributed by atoms with Gasteiger partial charge in [-0.15, -0.1) is 0 Å². The second-order valence-corrected chi connectivity index (χ2v) is 18.3. The third-order valence-electron chi connectivity index (χ3n) is 12.7. The largest absolute Gasteiger partial charge is 0.417 e. The fourth-order valence-electron chi connectivity index (χ4n) is 8.83. The predicted molar refractivity (Wildman–Crippen MR) is 270 cm³/mol. The van der Waals surface area contributed by atoms with Crippen molar-refractivity contribution in [2.45, 2.75) is 240 Å². The average Bonchev–Trinajstić information content (AvgIpc) is 3.27. The number of rotatable bonds is 36. The molecule has 0 saturated carbocycles. The zero-order chi connectivity index (χ0) is 45.2. The molecule has 2 amide bonds. The number of nitrogens with one attached hydrogen (secondary N) is 2. The fourth-order valence-corrected chi connectivity index (χ4v) is 8.83. The summed E-state index contributed by atoms with van der Waals surface area (Å²) in [6.45, 7) is 11.0. The van der Waals surface area contributed by atoms with Gasteiger partial charge in [0.1, 0.15) is 11.5 Å². The Hall–Kier alpha value is -3.80. The van der Waals surface area contributed by atoms with Crippen molar-refractivity contribution < 1.29 is 19.1 Å². The summed E-state index contributed by atoms with van der Waals surface area (Å²) in [4.78, 5) is 27.1. The van der Waals surface area contributed by atoms with Crippen LogP contribution in [-0.2, 0) is 25.7 Å². The summed E-state index contributed by atoms with van der Waals surface area (Å²) >= 11 is 0. The Morgan fingerprint density at radius 1 is 0.413 bits per heavy atom. The van der Waals surface area contributed by atoms with Gasteiger partial charge in [-0.2, -0.15) is 0 Å². The summed E-state index contributed by atoms with van der Waals surface area (Å²) in [5, 5.41) is 5.93. The second kappa shape index (κ2) is 34.6. The van der Waals surface area contributed by atoms with Crippen molar-refractivity contribution in [1.29, 1.82) is 0 Å². The van der Waals surface area contributed by atoms with Crippen LogP contribution < -0.4 is 20.1 Å². The van der Waals surface area contributed by atoms with E-state index in [0.717, 1.165) is 56.9 Å². The molecule has 0 aliphatic rings. The molecule has 0 aliphatic carbocycles. The van der Waals surface area contributed by atoms with Gasteiger partial charge < -0.3 is 9.47 Å². The van der Waals surface area contributed by atoms with Crippen LogP contribution in [0.15, 0.2) is 54.6 Å². The molecule has 6 nitrogen and oxygen atoms in total. The predicted octanol–water partition coefficient (Wildman–Crippen LogP) is 18.4. The van der Waals surface area contributed by atoms with E-state index in [-0.39, 0.29) is 0 Å². The lowest BCUT2D eigenvalue weighted by Gasteiger charge is -2.17. The summed E-state index contributed by atoms with van der Waals surface area (Å²) in [6.07, 6.45) is 38.0. The molecule has 2 N–H and O–H groups in total. The first-order valence-corrected chi connectivity index (χ1v) is 26.2. The summed E-state index contributed by atoms with van der Waals surface area (Å²) in [6, 6.07) is 17.9. The number of amides is 2. The maximum absolute atomic E-state index is 13.6. The van der Waals surface area contributed by atoms with Crippen molar-refractivity contribution >= 4 is 23.6 Å². The van der Waals surface area contributed by atoms with Gasteiger partial charge in [-0.3, -0.25) is 10.6 Å². The minimum Gasteiger partial charge on any atom is -0.410 e. The Bertz CT molecular complexity index is 1670. The van der Waals surface area contributed by atoms with Gasteiger partial charge in [-0.25, -0.2) is 9.59 Å². The number of hydrogen-bond acceptors (Lipinski definition) is 4. The molecule has 0 atom stereocenters. The molecule has 0 aromatic heterocycles. The number of carbonyl (C=O) groups excluding carboxylic acids is 2. The standard InChI is InChI=1S/C57H90N2O4/c1-6-10-14-18-22-26-30-36-48-38-34-42-54(51(48)40-32-28-24-20-16-12-8-3)62-56(60)58-50-45-44-47(5)53(46-50)59-57(61)63-55-43-35-39-49(37-31-27-23-19-15-11-7-2)52(55)41-33-29-25-21-17-13-9-4/h34-35,38-39,42-46H,6-33,36-37,40-41H2,1-5H3,(H,58,60)(H,59,61). The minimum atomic E-state index is -0.533. The first kappa shape index (κ1) is 53.5. The van der Waals surface area contributed by atoms with Crippen LogP contribution in [0.25, 0.3) is 0 Å². The summed E-state index contributed by atoms with van der Waals surface area (Å²) in [5.74, 6) is 1.30. The SMILES string of the molecule is CCCCCCCCCc1cccc(OC(=O)Nc2ccc(C)c(NC(=O)Oc3cccc(CCCCCCCCC)c3CCCCCCCCC)c2)c1CCCCCCCCC. The van der Waals surface area contributed by atoms with Gasteiger partial charge in [-0.05, 0) is 110 Å². The molecule has 0 saturated heterocycles. The highest BCUT2D eigenvalue weighted by Gasteiger charge is 2.17. The Morgan fingerprint density at radius 2 is 0.762 bits per heavy atom. The number of carbonyl (C=O) groups is 2. The number of unbranched alkanes of at least 4 members (excludes halogenated alkanes) is 24. The van der Waals surface area contributed by atoms with Gasteiger partial charge in [0.2, 0.25) is 0 Å². The van der Waals surface area contributed by atoms with Gasteiger partial charge in [0.05, 0.1) is 0 Å². The molecule has 0 spiro atoms. The molecule has 0 heterocycles. The lowest BCUT2D eigenvalue weighted by molar-refractivity contribution is 0.213. The Kier molecular flexibility index (Phi) is 29.4.